The molecule has 0 radical (unpaired) electrons. The molecule has 1 atom stereocenters. The summed E-state index contributed by atoms with van der Waals surface area (Å²) in [5.74, 6) is 1.29. The summed E-state index contributed by atoms with van der Waals surface area (Å²) in [4.78, 5) is 12.8. The molecule has 2 amide bonds. The second-order valence-electron chi connectivity index (χ2n) is 4.21. The number of nitrogens with one attached hydrogen (secondary N) is 1. The van der Waals surface area contributed by atoms with Gasteiger partial charge in [0.15, 0.2) is 0 Å². The average molecular weight is 280 g/mol. The minimum absolute atomic E-state index is 0.400. The second-order valence-corrected chi connectivity index (χ2v) is 5.24. The molecule has 0 spiro atoms. The first-order valence-electron chi connectivity index (χ1n) is 5.92. The fraction of sp³-hybridized carbons (Fsp3) is 0.308. The van der Waals surface area contributed by atoms with Gasteiger partial charge in [0.05, 0.1) is 6.54 Å². The third-order valence-corrected chi connectivity index (χ3v) is 3.62. The van der Waals surface area contributed by atoms with Crippen LogP contribution >= 0.6 is 11.3 Å². The Morgan fingerprint density at radius 1 is 1.53 bits per heavy atom. The van der Waals surface area contributed by atoms with E-state index < -0.39 is 12.1 Å². The van der Waals surface area contributed by atoms with Crippen molar-refractivity contribution in [2.75, 3.05) is 0 Å². The zero-order chi connectivity index (χ0) is 13.8. The third-order valence-electron chi connectivity index (χ3n) is 2.74. The van der Waals surface area contributed by atoms with Gasteiger partial charge in [-0.15, -0.1) is 11.3 Å². The van der Waals surface area contributed by atoms with Gasteiger partial charge in [-0.3, -0.25) is 5.21 Å². The van der Waals surface area contributed by atoms with E-state index in [1.807, 2.05) is 24.4 Å². The number of hydrogen-bond donors (Lipinski definition) is 2. The molecular weight excluding hydrogens is 264 g/mol. The van der Waals surface area contributed by atoms with Crippen LogP contribution in [0.15, 0.2) is 34.1 Å². The van der Waals surface area contributed by atoms with Crippen molar-refractivity contribution in [3.8, 4) is 0 Å². The van der Waals surface area contributed by atoms with Gasteiger partial charge in [0, 0.05) is 4.88 Å². The molecule has 2 heterocycles. The van der Waals surface area contributed by atoms with Gasteiger partial charge < -0.3 is 9.73 Å². The number of hydroxylamine groups is 2. The Labute approximate surface area is 115 Å². The largest absolute Gasteiger partial charge is 0.464 e. The highest BCUT2D eigenvalue weighted by Gasteiger charge is 2.22. The van der Waals surface area contributed by atoms with E-state index in [9.17, 15) is 10.0 Å². The molecule has 0 aliphatic heterocycles. The molecule has 0 aliphatic carbocycles. The van der Waals surface area contributed by atoms with Crippen molar-refractivity contribution in [1.82, 2.24) is 10.4 Å². The van der Waals surface area contributed by atoms with Gasteiger partial charge in [0.25, 0.3) is 0 Å². The van der Waals surface area contributed by atoms with Crippen molar-refractivity contribution >= 4 is 17.4 Å². The molecule has 0 saturated heterocycles. The molecule has 6 heteroatoms. The third kappa shape index (κ3) is 3.36. The molecule has 5 nitrogen and oxygen atoms in total. The fourth-order valence-electron chi connectivity index (χ4n) is 1.63. The summed E-state index contributed by atoms with van der Waals surface area (Å²) in [6.07, 6.45) is 0. The quantitative estimate of drug-likeness (QED) is 0.667. The number of carbonyl (C=O) groups excluding carboxylic acids is 1. The highest BCUT2D eigenvalue weighted by Crippen LogP contribution is 2.20. The number of carbonyl (C=O) groups is 1. The molecule has 0 fully saturated rings. The van der Waals surface area contributed by atoms with E-state index in [4.69, 9.17) is 4.42 Å². The second kappa shape index (κ2) is 5.90. The maximum atomic E-state index is 11.8. The topological polar surface area (TPSA) is 65.7 Å². The summed E-state index contributed by atoms with van der Waals surface area (Å²) in [5, 5.41) is 15.1. The first-order valence-corrected chi connectivity index (χ1v) is 6.80. The van der Waals surface area contributed by atoms with E-state index in [2.05, 4.69) is 5.32 Å². The zero-order valence-corrected chi connectivity index (χ0v) is 11.6. The molecule has 2 aromatic heterocycles. The van der Waals surface area contributed by atoms with Gasteiger partial charge in [-0.1, -0.05) is 6.07 Å². The minimum Gasteiger partial charge on any atom is -0.464 e. The normalized spacial score (nSPS) is 12.2. The van der Waals surface area contributed by atoms with Crippen LogP contribution in [0, 0.1) is 6.92 Å². The Morgan fingerprint density at radius 3 is 2.89 bits per heavy atom. The summed E-state index contributed by atoms with van der Waals surface area (Å²) in [5.41, 5.74) is 0. The summed E-state index contributed by atoms with van der Waals surface area (Å²) in [6, 6.07) is 6.30. The Kier molecular flexibility index (Phi) is 4.24. The van der Waals surface area contributed by atoms with Crippen molar-refractivity contribution < 1.29 is 14.4 Å². The standard InChI is InChI=1S/C13H16N2O3S/c1-9-5-6-12(18-9)10(2)15(17)13(16)14-8-11-4-3-7-19-11/h3-7,10,17H,8H2,1-2H3,(H,14,16). The average Bonchev–Trinajstić information content (AvgIpc) is 3.05. The summed E-state index contributed by atoms with van der Waals surface area (Å²) in [7, 11) is 0. The van der Waals surface area contributed by atoms with Crippen LogP contribution in [-0.2, 0) is 6.54 Å². The lowest BCUT2D eigenvalue weighted by atomic mass is 10.2. The molecule has 19 heavy (non-hydrogen) atoms. The summed E-state index contributed by atoms with van der Waals surface area (Å²) >= 11 is 1.55. The Balaban J connectivity index is 1.91. The van der Waals surface area contributed by atoms with Gasteiger partial charge in [-0.25, -0.2) is 4.79 Å². The van der Waals surface area contributed by atoms with Crippen LogP contribution in [-0.4, -0.2) is 16.3 Å². The van der Waals surface area contributed by atoms with Crippen LogP contribution in [0.2, 0.25) is 0 Å². The van der Waals surface area contributed by atoms with E-state index in [0.717, 1.165) is 10.6 Å². The number of aryl methyl sites for hydroxylation is 1. The molecule has 102 valence electrons. The summed E-state index contributed by atoms with van der Waals surface area (Å²) in [6.45, 7) is 3.91. The van der Waals surface area contributed by atoms with Crippen molar-refractivity contribution in [3.05, 3.63) is 46.0 Å². The van der Waals surface area contributed by atoms with Crippen molar-refractivity contribution in [2.24, 2.45) is 0 Å². The van der Waals surface area contributed by atoms with Gasteiger partial charge in [0.1, 0.15) is 17.6 Å². The van der Waals surface area contributed by atoms with Crippen molar-refractivity contribution in [3.63, 3.8) is 0 Å². The van der Waals surface area contributed by atoms with Crippen molar-refractivity contribution in [2.45, 2.75) is 26.4 Å². The van der Waals surface area contributed by atoms with E-state index in [0.29, 0.717) is 17.4 Å². The predicted octanol–water partition coefficient (Wildman–Crippen LogP) is 3.31. The highest BCUT2D eigenvalue weighted by molar-refractivity contribution is 7.09. The lowest BCUT2D eigenvalue weighted by Gasteiger charge is -2.21. The van der Waals surface area contributed by atoms with E-state index >= 15 is 0 Å². The van der Waals surface area contributed by atoms with Crippen LogP contribution < -0.4 is 5.32 Å². The molecule has 2 rings (SSSR count). The maximum absolute atomic E-state index is 11.8. The smallest absolute Gasteiger partial charge is 0.342 e. The highest BCUT2D eigenvalue weighted by atomic mass is 32.1. The number of rotatable bonds is 4. The molecule has 0 saturated carbocycles. The number of amides is 2. The molecular formula is C13H16N2O3S. The van der Waals surface area contributed by atoms with Crippen LogP contribution in [0.4, 0.5) is 4.79 Å². The molecule has 0 bridgehead atoms. The number of thiophene rings is 1. The molecule has 0 aromatic carbocycles. The maximum Gasteiger partial charge on any atom is 0.342 e. The van der Waals surface area contributed by atoms with Crippen molar-refractivity contribution in [1.29, 1.82) is 0 Å². The fourth-order valence-corrected chi connectivity index (χ4v) is 2.28. The molecule has 1 unspecified atom stereocenters. The SMILES string of the molecule is Cc1ccc(C(C)N(O)C(=O)NCc2cccs2)o1. The first kappa shape index (κ1) is 13.6. The molecule has 2 N–H and O–H groups in total. The predicted molar refractivity (Wildman–Crippen MR) is 72.0 cm³/mol. The minimum atomic E-state index is -0.546. The van der Waals surface area contributed by atoms with Crippen LogP contribution in [0.25, 0.3) is 0 Å². The van der Waals surface area contributed by atoms with Gasteiger partial charge in [-0.05, 0) is 37.4 Å². The van der Waals surface area contributed by atoms with Gasteiger partial charge >= 0.3 is 6.03 Å². The lowest BCUT2D eigenvalue weighted by molar-refractivity contribution is -0.0797. The van der Waals surface area contributed by atoms with Gasteiger partial charge in [0.2, 0.25) is 0 Å². The van der Waals surface area contributed by atoms with Crippen LogP contribution in [0.1, 0.15) is 29.4 Å². The first-order chi connectivity index (χ1) is 9.08. The van der Waals surface area contributed by atoms with Crippen LogP contribution in [0.5, 0.6) is 0 Å². The number of hydrogen-bond acceptors (Lipinski definition) is 4. The Hall–Kier alpha value is -1.79. The van der Waals surface area contributed by atoms with E-state index in [-0.39, 0.29) is 0 Å². The van der Waals surface area contributed by atoms with Gasteiger partial charge in [-0.2, -0.15) is 5.06 Å². The molecule has 0 aliphatic rings. The number of furan rings is 1. The molecule has 2 aromatic rings. The van der Waals surface area contributed by atoms with Crippen LogP contribution in [0.3, 0.4) is 0 Å². The lowest BCUT2D eigenvalue weighted by Crippen LogP contribution is -2.38. The monoisotopic (exact) mass is 280 g/mol. The summed E-state index contributed by atoms with van der Waals surface area (Å²) < 4.78 is 5.39. The van der Waals surface area contributed by atoms with E-state index in [1.165, 1.54) is 0 Å². The Morgan fingerprint density at radius 2 is 2.32 bits per heavy atom. The Bertz CT molecular complexity index is 536. The number of urea groups is 1. The number of nitrogens with zero attached hydrogens (tertiary/aromatic N) is 1. The van der Waals surface area contributed by atoms with E-state index in [1.54, 1.807) is 30.4 Å². The zero-order valence-electron chi connectivity index (χ0n) is 10.8.